The summed E-state index contributed by atoms with van der Waals surface area (Å²) >= 11 is 0. The van der Waals surface area contributed by atoms with Gasteiger partial charge in [0.25, 0.3) is 11.8 Å². The van der Waals surface area contributed by atoms with E-state index in [1.54, 1.807) is 0 Å². The Hall–Kier alpha value is -4.42. The second kappa shape index (κ2) is 12.0. The molecular weight excluding hydrogens is 486 g/mol. The molecule has 5 rings (SSSR count). The molecule has 4 aromatic rings. The number of nitrogens with one attached hydrogen (secondary N) is 2. The number of morpholine rings is 1. The Morgan fingerprint density at radius 1 is 0.795 bits per heavy atom. The van der Waals surface area contributed by atoms with E-state index in [0.717, 1.165) is 59.9 Å². The molecule has 39 heavy (non-hydrogen) atoms. The minimum Gasteiger partial charge on any atom is -0.378 e. The number of benzene rings is 4. The first-order chi connectivity index (χ1) is 19.0. The first kappa shape index (κ1) is 26.2. The molecule has 1 fully saturated rings. The van der Waals surface area contributed by atoms with Gasteiger partial charge in [-0.1, -0.05) is 48.0 Å². The summed E-state index contributed by atoms with van der Waals surface area (Å²) in [7, 11) is 0. The molecule has 0 bridgehead atoms. The second-order valence-electron chi connectivity index (χ2n) is 9.88. The zero-order valence-corrected chi connectivity index (χ0v) is 22.4. The van der Waals surface area contributed by atoms with Gasteiger partial charge in [-0.25, -0.2) is 0 Å². The van der Waals surface area contributed by atoms with Crippen LogP contribution in [0.3, 0.4) is 0 Å². The average Bonchev–Trinajstić information content (AvgIpc) is 2.97. The molecular formula is C33H33N3O3. The van der Waals surface area contributed by atoms with E-state index in [4.69, 9.17) is 4.74 Å². The van der Waals surface area contributed by atoms with Gasteiger partial charge in [0.2, 0.25) is 0 Å². The van der Waals surface area contributed by atoms with Crippen LogP contribution in [0.5, 0.6) is 0 Å². The highest BCUT2D eigenvalue weighted by atomic mass is 16.5. The second-order valence-corrected chi connectivity index (χ2v) is 9.88. The van der Waals surface area contributed by atoms with Crippen LogP contribution in [0.2, 0.25) is 0 Å². The molecule has 198 valence electrons. The van der Waals surface area contributed by atoms with Crippen LogP contribution in [0.15, 0.2) is 91.0 Å². The number of carbonyl (C=O) groups excluding carboxylic acids is 2. The van der Waals surface area contributed by atoms with E-state index in [9.17, 15) is 9.59 Å². The first-order valence-electron chi connectivity index (χ1n) is 13.3. The number of hydrogen-bond donors (Lipinski definition) is 2. The summed E-state index contributed by atoms with van der Waals surface area (Å²) in [6.07, 6.45) is 0. The van der Waals surface area contributed by atoms with Crippen molar-refractivity contribution in [2.45, 2.75) is 20.4 Å². The van der Waals surface area contributed by atoms with Crippen LogP contribution in [-0.2, 0) is 11.3 Å². The predicted octanol–water partition coefficient (Wildman–Crippen LogP) is 5.99. The standard InChI is InChI=1S/C33H33N3O3/c1-23-4-3-5-25(20-23)22-34-32(37)27-9-7-26(8-10-27)31-21-29(13-6-24(31)2)35-33(38)28-11-14-30(15-12-28)36-16-18-39-19-17-36/h3-15,20-21H,16-19,22H2,1-2H3,(H,34,37)(H,35,38). The summed E-state index contributed by atoms with van der Waals surface area (Å²) < 4.78 is 5.42. The van der Waals surface area contributed by atoms with Crippen molar-refractivity contribution in [2.75, 3.05) is 36.5 Å². The summed E-state index contributed by atoms with van der Waals surface area (Å²) in [5.74, 6) is -0.264. The van der Waals surface area contributed by atoms with Crippen LogP contribution in [0, 0.1) is 13.8 Å². The van der Waals surface area contributed by atoms with Gasteiger partial charge in [0.05, 0.1) is 13.2 Å². The molecule has 0 saturated carbocycles. The molecule has 1 aliphatic heterocycles. The number of nitrogens with zero attached hydrogens (tertiary/aromatic N) is 1. The fourth-order valence-corrected chi connectivity index (χ4v) is 4.77. The Kier molecular flexibility index (Phi) is 8.04. The molecule has 0 unspecified atom stereocenters. The first-order valence-corrected chi connectivity index (χ1v) is 13.3. The summed E-state index contributed by atoms with van der Waals surface area (Å²) in [6.45, 7) is 7.72. The van der Waals surface area contributed by atoms with Crippen LogP contribution in [-0.4, -0.2) is 38.1 Å². The molecule has 2 amide bonds. The summed E-state index contributed by atoms with van der Waals surface area (Å²) in [4.78, 5) is 27.9. The van der Waals surface area contributed by atoms with E-state index >= 15 is 0 Å². The Morgan fingerprint density at radius 2 is 1.49 bits per heavy atom. The minimum absolute atomic E-state index is 0.111. The minimum atomic E-state index is -0.154. The summed E-state index contributed by atoms with van der Waals surface area (Å²) in [6, 6.07) is 29.2. The van der Waals surface area contributed by atoms with Crippen molar-refractivity contribution >= 4 is 23.2 Å². The van der Waals surface area contributed by atoms with Gasteiger partial charge < -0.3 is 20.3 Å². The lowest BCUT2D eigenvalue weighted by Gasteiger charge is -2.28. The van der Waals surface area contributed by atoms with Gasteiger partial charge in [-0.3, -0.25) is 9.59 Å². The van der Waals surface area contributed by atoms with Gasteiger partial charge in [-0.2, -0.15) is 0 Å². The predicted molar refractivity (Wildman–Crippen MR) is 156 cm³/mol. The van der Waals surface area contributed by atoms with Crippen molar-refractivity contribution in [2.24, 2.45) is 0 Å². The topological polar surface area (TPSA) is 70.7 Å². The molecule has 2 N–H and O–H groups in total. The van der Waals surface area contributed by atoms with Gasteiger partial charge in [0, 0.05) is 42.1 Å². The van der Waals surface area contributed by atoms with Crippen LogP contribution in [0.1, 0.15) is 37.4 Å². The van der Waals surface area contributed by atoms with Gasteiger partial charge in [-0.15, -0.1) is 0 Å². The molecule has 1 aliphatic rings. The fourth-order valence-electron chi connectivity index (χ4n) is 4.77. The lowest BCUT2D eigenvalue weighted by atomic mass is 9.98. The maximum absolute atomic E-state index is 12.9. The van der Waals surface area contributed by atoms with Crippen molar-refractivity contribution in [3.8, 4) is 11.1 Å². The van der Waals surface area contributed by atoms with Gasteiger partial charge in [0.15, 0.2) is 0 Å². The maximum atomic E-state index is 12.9. The van der Waals surface area contributed by atoms with Crippen LogP contribution < -0.4 is 15.5 Å². The highest BCUT2D eigenvalue weighted by molar-refractivity contribution is 6.04. The molecule has 1 saturated heterocycles. The molecule has 0 spiro atoms. The number of carbonyl (C=O) groups is 2. The van der Waals surface area contributed by atoms with Crippen molar-refractivity contribution in [1.82, 2.24) is 5.32 Å². The molecule has 6 heteroatoms. The van der Waals surface area contributed by atoms with Gasteiger partial charge >= 0.3 is 0 Å². The zero-order valence-electron chi connectivity index (χ0n) is 22.4. The number of amides is 2. The lowest BCUT2D eigenvalue weighted by molar-refractivity contribution is 0.0950. The number of anilines is 2. The van der Waals surface area contributed by atoms with E-state index in [0.29, 0.717) is 17.7 Å². The quantitative estimate of drug-likeness (QED) is 0.315. The third-order valence-electron chi connectivity index (χ3n) is 6.99. The van der Waals surface area contributed by atoms with Gasteiger partial charge in [0.1, 0.15) is 0 Å². The van der Waals surface area contributed by atoms with Crippen molar-refractivity contribution < 1.29 is 14.3 Å². The molecule has 0 aromatic heterocycles. The Labute approximate surface area is 229 Å². The van der Waals surface area contributed by atoms with E-state index < -0.39 is 0 Å². The number of ether oxygens (including phenoxy) is 1. The third-order valence-corrected chi connectivity index (χ3v) is 6.99. The molecule has 4 aromatic carbocycles. The van der Waals surface area contributed by atoms with Crippen molar-refractivity contribution in [1.29, 1.82) is 0 Å². The monoisotopic (exact) mass is 519 g/mol. The Bertz CT molecular complexity index is 1460. The highest BCUT2D eigenvalue weighted by Gasteiger charge is 2.13. The molecule has 0 atom stereocenters. The van der Waals surface area contributed by atoms with E-state index in [1.807, 2.05) is 98.8 Å². The van der Waals surface area contributed by atoms with Crippen molar-refractivity contribution in [3.63, 3.8) is 0 Å². The zero-order chi connectivity index (χ0) is 27.2. The largest absolute Gasteiger partial charge is 0.378 e. The van der Waals surface area contributed by atoms with E-state index in [-0.39, 0.29) is 11.8 Å². The Morgan fingerprint density at radius 3 is 2.21 bits per heavy atom. The average molecular weight is 520 g/mol. The highest BCUT2D eigenvalue weighted by Crippen LogP contribution is 2.27. The molecule has 6 nitrogen and oxygen atoms in total. The SMILES string of the molecule is Cc1cccc(CNC(=O)c2ccc(-c3cc(NC(=O)c4ccc(N5CCOCC5)cc4)ccc3C)cc2)c1. The molecule has 1 heterocycles. The van der Waals surface area contributed by atoms with Gasteiger partial charge in [-0.05, 0) is 84.6 Å². The third kappa shape index (κ3) is 6.54. The molecule has 0 aliphatic carbocycles. The fraction of sp³-hybridized carbons (Fsp3) is 0.212. The number of aryl methyl sites for hydroxylation is 2. The number of rotatable bonds is 7. The number of hydrogen-bond acceptors (Lipinski definition) is 4. The van der Waals surface area contributed by atoms with Crippen molar-refractivity contribution in [3.05, 3.63) is 119 Å². The summed E-state index contributed by atoms with van der Waals surface area (Å²) in [5.41, 5.74) is 8.33. The molecule has 0 radical (unpaired) electrons. The smallest absolute Gasteiger partial charge is 0.255 e. The normalized spacial score (nSPS) is 13.1. The lowest BCUT2D eigenvalue weighted by Crippen LogP contribution is -2.36. The Balaban J connectivity index is 1.23. The van der Waals surface area contributed by atoms with Crippen LogP contribution in [0.25, 0.3) is 11.1 Å². The van der Waals surface area contributed by atoms with E-state index in [1.165, 1.54) is 5.56 Å². The van der Waals surface area contributed by atoms with Crippen LogP contribution >= 0.6 is 0 Å². The van der Waals surface area contributed by atoms with E-state index in [2.05, 4.69) is 21.6 Å². The maximum Gasteiger partial charge on any atom is 0.255 e. The summed E-state index contributed by atoms with van der Waals surface area (Å²) in [5, 5.41) is 6.01. The van der Waals surface area contributed by atoms with Crippen LogP contribution in [0.4, 0.5) is 11.4 Å².